The molecule has 1 aliphatic heterocycles. The van der Waals surface area contributed by atoms with Crippen molar-refractivity contribution in [1.29, 1.82) is 0 Å². The summed E-state index contributed by atoms with van der Waals surface area (Å²) in [5, 5.41) is 10.9. The molecule has 0 radical (unpaired) electrons. The number of ether oxygens (including phenoxy) is 3. The minimum atomic E-state index is -0.138. The quantitative estimate of drug-likeness (QED) is 0.208. The van der Waals surface area contributed by atoms with Crippen LogP contribution >= 0.6 is 23.5 Å². The van der Waals surface area contributed by atoms with E-state index in [-0.39, 0.29) is 22.4 Å². The van der Waals surface area contributed by atoms with Crippen molar-refractivity contribution in [3.8, 4) is 11.5 Å². The first-order valence-corrected chi connectivity index (χ1v) is 14.4. The molecule has 1 spiro atoms. The molecule has 1 aromatic rings. The van der Waals surface area contributed by atoms with Crippen LogP contribution in [0.3, 0.4) is 0 Å². The molecule has 1 N–H and O–H groups in total. The van der Waals surface area contributed by atoms with Gasteiger partial charge >= 0.3 is 5.97 Å². The summed E-state index contributed by atoms with van der Waals surface area (Å²) in [5.41, 5.74) is 1.08. The van der Waals surface area contributed by atoms with Gasteiger partial charge in [-0.15, -0.1) is 11.8 Å². The summed E-state index contributed by atoms with van der Waals surface area (Å²) in [6.07, 6.45) is 5.97. The Labute approximate surface area is 211 Å². The number of hydrogen-bond acceptors (Lipinski definition) is 8. The van der Waals surface area contributed by atoms with Gasteiger partial charge in [0.05, 0.1) is 25.4 Å². The molecule has 6 nitrogen and oxygen atoms in total. The molecule has 1 aromatic carbocycles. The van der Waals surface area contributed by atoms with E-state index in [2.05, 4.69) is 0 Å². The zero-order chi connectivity index (χ0) is 24.6. The molecule has 0 aromatic heterocycles. The summed E-state index contributed by atoms with van der Waals surface area (Å²) >= 11 is 3.88. The Kier molecular flexibility index (Phi) is 10.5. The highest BCUT2D eigenvalue weighted by atomic mass is 32.2. The first-order chi connectivity index (χ1) is 16.4. The van der Waals surface area contributed by atoms with Crippen molar-refractivity contribution in [2.45, 2.75) is 75.9 Å². The Morgan fingerprint density at radius 1 is 1.32 bits per heavy atom. The second-order valence-corrected chi connectivity index (χ2v) is 11.9. The van der Waals surface area contributed by atoms with Gasteiger partial charge in [0.15, 0.2) is 5.78 Å². The average molecular weight is 511 g/mol. The van der Waals surface area contributed by atoms with Crippen LogP contribution in [0.1, 0.15) is 75.2 Å². The lowest BCUT2D eigenvalue weighted by molar-refractivity contribution is -0.144. The fraction of sp³-hybridized carbons (Fsp3) is 0.692. The van der Waals surface area contributed by atoms with Crippen LogP contribution < -0.4 is 4.74 Å². The van der Waals surface area contributed by atoms with E-state index in [0.717, 1.165) is 55.8 Å². The fourth-order valence-electron chi connectivity index (χ4n) is 4.72. The number of carbonyl (C=O) groups excluding carboxylic acids is 2. The molecular weight excluding hydrogens is 472 g/mol. The molecule has 1 aliphatic carbocycles. The Hall–Kier alpha value is -1.38. The Morgan fingerprint density at radius 2 is 2.15 bits per heavy atom. The van der Waals surface area contributed by atoms with E-state index in [1.807, 2.05) is 37.4 Å². The van der Waals surface area contributed by atoms with Crippen LogP contribution in [0.15, 0.2) is 12.1 Å². The van der Waals surface area contributed by atoms with Crippen molar-refractivity contribution in [2.24, 2.45) is 5.92 Å². The molecule has 1 saturated carbocycles. The smallest absolute Gasteiger partial charge is 0.306 e. The lowest BCUT2D eigenvalue weighted by Crippen LogP contribution is -2.20. The molecule has 3 atom stereocenters. The van der Waals surface area contributed by atoms with Crippen LogP contribution in [0.25, 0.3) is 0 Å². The fourth-order valence-corrected chi connectivity index (χ4v) is 7.58. The van der Waals surface area contributed by atoms with Crippen LogP contribution in [-0.2, 0) is 20.7 Å². The summed E-state index contributed by atoms with van der Waals surface area (Å²) in [6.45, 7) is 7.16. The largest absolute Gasteiger partial charge is 0.507 e. The van der Waals surface area contributed by atoms with Crippen LogP contribution in [-0.4, -0.2) is 58.4 Å². The topological polar surface area (TPSA) is 82.1 Å². The maximum Gasteiger partial charge on any atom is 0.306 e. The third-order valence-electron chi connectivity index (χ3n) is 6.32. The number of ketones is 1. The first-order valence-electron chi connectivity index (χ1n) is 12.4. The van der Waals surface area contributed by atoms with Gasteiger partial charge in [-0.25, -0.2) is 0 Å². The van der Waals surface area contributed by atoms with Gasteiger partial charge in [0.2, 0.25) is 0 Å². The van der Waals surface area contributed by atoms with Crippen LogP contribution in [0.2, 0.25) is 0 Å². The van der Waals surface area contributed by atoms with Gasteiger partial charge in [0.25, 0.3) is 0 Å². The number of phenols is 1. The number of aromatic hydroxyl groups is 1. The molecule has 2 fully saturated rings. The van der Waals surface area contributed by atoms with Gasteiger partial charge in [-0.2, -0.15) is 11.8 Å². The minimum absolute atomic E-state index is 0.0600. The summed E-state index contributed by atoms with van der Waals surface area (Å²) in [5.74, 6) is 2.92. The summed E-state index contributed by atoms with van der Waals surface area (Å²) in [7, 11) is 0. The highest BCUT2D eigenvalue weighted by Gasteiger charge is 2.47. The lowest BCUT2D eigenvalue weighted by Gasteiger charge is -2.22. The van der Waals surface area contributed by atoms with Crippen molar-refractivity contribution in [1.82, 2.24) is 0 Å². The van der Waals surface area contributed by atoms with Gasteiger partial charge < -0.3 is 19.3 Å². The molecule has 1 saturated heterocycles. The number of hydrogen-bond donors (Lipinski definition) is 1. The van der Waals surface area contributed by atoms with E-state index in [0.29, 0.717) is 48.5 Å². The van der Waals surface area contributed by atoms with E-state index >= 15 is 0 Å². The maximum atomic E-state index is 11.8. The number of phenolic OH excluding ortho intramolecular Hbond substituents is 1. The highest BCUT2D eigenvalue weighted by Crippen LogP contribution is 2.52. The number of esters is 1. The van der Waals surface area contributed by atoms with E-state index in [9.17, 15) is 14.7 Å². The zero-order valence-electron chi connectivity index (χ0n) is 20.6. The minimum Gasteiger partial charge on any atom is -0.507 e. The molecule has 0 amide bonds. The van der Waals surface area contributed by atoms with Gasteiger partial charge in [-0.3, -0.25) is 9.59 Å². The average Bonchev–Trinajstić information content (AvgIpc) is 3.38. The van der Waals surface area contributed by atoms with Crippen LogP contribution in [0, 0.1) is 5.92 Å². The van der Waals surface area contributed by atoms with E-state index in [4.69, 9.17) is 14.2 Å². The Bertz CT molecular complexity index is 845. The number of Topliss-reactive ketones (excluding diaryl/α,β-unsaturated/α-hetero) is 1. The van der Waals surface area contributed by atoms with Gasteiger partial charge in [-0.1, -0.05) is 13.3 Å². The standard InChI is InChI=1S/C26H38O6S2/c1-4-7-22-23(9-8-21(18(3)27)25(22)29)31-12-6-13-33-17-20-16-32-26(34-20)11-10-19(15-26)14-24(28)30-5-2/h8-9,19-20,29H,4-7,10-17H2,1-3H3. The molecular formula is C26H38O6S2. The van der Waals surface area contributed by atoms with Crippen LogP contribution in [0.5, 0.6) is 11.5 Å². The second kappa shape index (κ2) is 13.1. The van der Waals surface area contributed by atoms with E-state index in [1.165, 1.54) is 6.92 Å². The maximum absolute atomic E-state index is 11.8. The molecule has 3 unspecified atom stereocenters. The van der Waals surface area contributed by atoms with Gasteiger partial charge in [0.1, 0.15) is 16.4 Å². The Balaban J connectivity index is 1.35. The third kappa shape index (κ3) is 7.31. The molecule has 1 heterocycles. The van der Waals surface area contributed by atoms with Crippen molar-refractivity contribution >= 4 is 35.3 Å². The van der Waals surface area contributed by atoms with E-state index < -0.39 is 0 Å². The number of rotatable bonds is 13. The number of benzene rings is 1. The van der Waals surface area contributed by atoms with Crippen molar-refractivity contribution in [2.75, 3.05) is 31.3 Å². The summed E-state index contributed by atoms with van der Waals surface area (Å²) in [4.78, 5) is 23.4. The predicted molar refractivity (Wildman–Crippen MR) is 138 cm³/mol. The zero-order valence-corrected chi connectivity index (χ0v) is 22.2. The highest BCUT2D eigenvalue weighted by molar-refractivity contribution is 8.04. The first kappa shape index (κ1) is 27.2. The summed E-state index contributed by atoms with van der Waals surface area (Å²) < 4.78 is 17.3. The second-order valence-electron chi connectivity index (χ2n) is 9.10. The monoisotopic (exact) mass is 510 g/mol. The predicted octanol–water partition coefficient (Wildman–Crippen LogP) is 5.63. The van der Waals surface area contributed by atoms with Gasteiger partial charge in [-0.05, 0) is 69.8 Å². The normalized spacial score (nSPS) is 24.0. The number of carbonyl (C=O) groups is 2. The molecule has 190 valence electrons. The van der Waals surface area contributed by atoms with Crippen molar-refractivity contribution in [3.63, 3.8) is 0 Å². The third-order valence-corrected chi connectivity index (χ3v) is 9.30. The Morgan fingerprint density at radius 3 is 2.88 bits per heavy atom. The van der Waals surface area contributed by atoms with Gasteiger partial charge in [0, 0.05) is 23.0 Å². The van der Waals surface area contributed by atoms with E-state index in [1.54, 1.807) is 12.1 Å². The van der Waals surface area contributed by atoms with Crippen molar-refractivity contribution < 1.29 is 28.9 Å². The molecule has 8 heteroatoms. The lowest BCUT2D eigenvalue weighted by atomic mass is 10.0. The van der Waals surface area contributed by atoms with Crippen molar-refractivity contribution in [3.05, 3.63) is 23.3 Å². The molecule has 34 heavy (non-hydrogen) atoms. The SMILES string of the molecule is CCCc1c(OCCCSCC2COC3(CCC(CC(=O)OCC)C3)S2)ccc(C(C)=O)c1O. The molecule has 2 aliphatic rings. The molecule has 0 bridgehead atoms. The van der Waals surface area contributed by atoms with Crippen LogP contribution in [0.4, 0.5) is 0 Å². The summed E-state index contributed by atoms with van der Waals surface area (Å²) in [6, 6.07) is 3.45. The molecule has 3 rings (SSSR count). The number of thioether (sulfide) groups is 2.